The molecule has 2 N–H and O–H groups in total. The molecule has 1 amide bonds. The lowest BCUT2D eigenvalue weighted by molar-refractivity contribution is -0.131. The van der Waals surface area contributed by atoms with Gasteiger partial charge in [-0.1, -0.05) is 13.8 Å². The van der Waals surface area contributed by atoms with Crippen LogP contribution in [-0.2, 0) is 24.8 Å². The molecule has 0 aliphatic rings. The second-order valence-electron chi connectivity index (χ2n) is 5.49. The quantitative estimate of drug-likeness (QED) is 0.786. The lowest BCUT2D eigenvalue weighted by Crippen LogP contribution is -2.35. The molecule has 0 saturated carbocycles. The molecule has 0 spiro atoms. The van der Waals surface area contributed by atoms with Crippen molar-refractivity contribution < 1.29 is 4.79 Å². The number of hydrogen-bond acceptors (Lipinski definition) is 4. The van der Waals surface area contributed by atoms with Crippen LogP contribution in [0.1, 0.15) is 25.2 Å². The van der Waals surface area contributed by atoms with Gasteiger partial charge in [-0.2, -0.15) is 10.2 Å². The molecule has 0 bridgehead atoms. The first-order valence-electron chi connectivity index (χ1n) is 6.83. The van der Waals surface area contributed by atoms with E-state index in [4.69, 9.17) is 0 Å². The number of aromatic amines is 2. The highest BCUT2D eigenvalue weighted by atomic mass is 16.2. The van der Waals surface area contributed by atoms with Crippen LogP contribution in [0.3, 0.4) is 0 Å². The van der Waals surface area contributed by atoms with Crippen molar-refractivity contribution in [1.82, 2.24) is 29.9 Å². The highest BCUT2D eigenvalue weighted by molar-refractivity contribution is 5.77. The zero-order valence-corrected chi connectivity index (χ0v) is 12.5. The van der Waals surface area contributed by atoms with Crippen LogP contribution in [0.5, 0.6) is 0 Å². The van der Waals surface area contributed by atoms with E-state index in [1.807, 2.05) is 13.2 Å². The third-order valence-corrected chi connectivity index (χ3v) is 2.94. The van der Waals surface area contributed by atoms with E-state index in [1.165, 1.54) is 0 Å². The molecule has 0 unspecified atom stereocenters. The molecule has 2 heterocycles. The van der Waals surface area contributed by atoms with Crippen molar-refractivity contribution >= 4 is 5.91 Å². The molecule has 8 heteroatoms. The third-order valence-electron chi connectivity index (χ3n) is 2.94. The maximum atomic E-state index is 12.4. The van der Waals surface area contributed by atoms with Gasteiger partial charge in [0, 0.05) is 31.9 Å². The van der Waals surface area contributed by atoms with Gasteiger partial charge in [0.1, 0.15) is 5.82 Å². The van der Waals surface area contributed by atoms with Crippen LogP contribution in [0.15, 0.2) is 17.2 Å². The average molecular weight is 292 g/mol. The molecule has 8 nitrogen and oxygen atoms in total. The maximum absolute atomic E-state index is 12.4. The summed E-state index contributed by atoms with van der Waals surface area (Å²) in [5.74, 6) is 0.629. The van der Waals surface area contributed by atoms with Gasteiger partial charge in [0.2, 0.25) is 5.91 Å². The van der Waals surface area contributed by atoms with Gasteiger partial charge >= 0.3 is 5.69 Å². The summed E-state index contributed by atoms with van der Waals surface area (Å²) >= 11 is 0. The van der Waals surface area contributed by atoms with Gasteiger partial charge < -0.3 is 4.90 Å². The van der Waals surface area contributed by atoms with Crippen LogP contribution in [0.4, 0.5) is 0 Å². The van der Waals surface area contributed by atoms with Gasteiger partial charge in [0.25, 0.3) is 0 Å². The van der Waals surface area contributed by atoms with E-state index in [-0.39, 0.29) is 12.3 Å². The Balaban J connectivity index is 2.07. The molecule has 0 radical (unpaired) electrons. The molecule has 0 atom stereocenters. The zero-order chi connectivity index (χ0) is 15.4. The number of aryl methyl sites for hydroxylation is 1. The number of nitrogens with zero attached hydrogens (tertiary/aromatic N) is 4. The standard InChI is InChI=1S/C13H20N6O2/c1-9(2)6-19(8-10-5-14-18(3)7-10)12(20)4-11-15-13(21)17-16-11/h5,7,9H,4,6,8H2,1-3H3,(H2,15,16,17,21). The van der Waals surface area contributed by atoms with Crippen LogP contribution in [-0.4, -0.2) is 42.3 Å². The lowest BCUT2D eigenvalue weighted by atomic mass is 10.2. The molecule has 0 fully saturated rings. The minimum atomic E-state index is -0.402. The summed E-state index contributed by atoms with van der Waals surface area (Å²) in [7, 11) is 1.84. The Hall–Kier alpha value is -2.38. The number of nitrogens with one attached hydrogen (secondary N) is 2. The van der Waals surface area contributed by atoms with Crippen LogP contribution >= 0.6 is 0 Å². The number of amides is 1. The molecule has 2 aromatic rings. The molecule has 0 aliphatic heterocycles. The zero-order valence-electron chi connectivity index (χ0n) is 12.5. The Morgan fingerprint density at radius 1 is 1.48 bits per heavy atom. The topological polar surface area (TPSA) is 99.7 Å². The minimum Gasteiger partial charge on any atom is -0.338 e. The summed E-state index contributed by atoms with van der Waals surface area (Å²) in [6.07, 6.45) is 3.71. The molecule has 0 aromatic carbocycles. The van der Waals surface area contributed by atoms with E-state index in [0.29, 0.717) is 24.8 Å². The number of rotatable bonds is 6. The van der Waals surface area contributed by atoms with Crippen molar-refractivity contribution in [1.29, 1.82) is 0 Å². The number of H-pyrrole nitrogens is 2. The average Bonchev–Trinajstić information content (AvgIpc) is 2.97. The Labute approximate surface area is 122 Å². The molecule has 21 heavy (non-hydrogen) atoms. The highest BCUT2D eigenvalue weighted by Crippen LogP contribution is 2.08. The van der Waals surface area contributed by atoms with Gasteiger partial charge in [-0.15, -0.1) is 0 Å². The fraction of sp³-hybridized carbons (Fsp3) is 0.538. The molecule has 0 aliphatic carbocycles. The first kappa shape index (κ1) is 15.0. The summed E-state index contributed by atoms with van der Waals surface area (Å²) < 4.78 is 1.71. The molecule has 2 rings (SSSR count). The smallest absolute Gasteiger partial charge is 0.338 e. The number of carbonyl (C=O) groups is 1. The molecular weight excluding hydrogens is 272 g/mol. The number of hydrogen-bond donors (Lipinski definition) is 2. The summed E-state index contributed by atoms with van der Waals surface area (Å²) in [6, 6.07) is 0. The fourth-order valence-electron chi connectivity index (χ4n) is 2.11. The van der Waals surface area contributed by atoms with Gasteiger partial charge in [0.15, 0.2) is 0 Å². The van der Waals surface area contributed by atoms with Crippen LogP contribution in [0.25, 0.3) is 0 Å². The Morgan fingerprint density at radius 3 is 2.76 bits per heavy atom. The van der Waals surface area contributed by atoms with Crippen molar-refractivity contribution in [2.24, 2.45) is 13.0 Å². The third kappa shape index (κ3) is 4.30. The number of carbonyl (C=O) groups excluding carboxylic acids is 1. The lowest BCUT2D eigenvalue weighted by Gasteiger charge is -2.23. The second-order valence-corrected chi connectivity index (χ2v) is 5.49. The van der Waals surface area contributed by atoms with Crippen molar-refractivity contribution in [3.63, 3.8) is 0 Å². The van der Waals surface area contributed by atoms with Gasteiger partial charge in [0.05, 0.1) is 12.6 Å². The van der Waals surface area contributed by atoms with E-state index < -0.39 is 5.69 Å². The summed E-state index contributed by atoms with van der Waals surface area (Å²) in [6.45, 7) is 5.25. The highest BCUT2D eigenvalue weighted by Gasteiger charge is 2.18. The monoisotopic (exact) mass is 292 g/mol. The van der Waals surface area contributed by atoms with Crippen LogP contribution in [0.2, 0.25) is 0 Å². The van der Waals surface area contributed by atoms with E-state index in [1.54, 1.807) is 15.8 Å². The van der Waals surface area contributed by atoms with Crippen molar-refractivity contribution in [3.8, 4) is 0 Å². The molecule has 2 aromatic heterocycles. The Bertz CT molecular complexity index is 653. The van der Waals surface area contributed by atoms with E-state index >= 15 is 0 Å². The summed E-state index contributed by atoms with van der Waals surface area (Å²) in [5, 5.41) is 10.1. The molecule has 114 valence electrons. The van der Waals surface area contributed by atoms with Crippen molar-refractivity contribution in [2.75, 3.05) is 6.54 Å². The summed E-state index contributed by atoms with van der Waals surface area (Å²) in [4.78, 5) is 27.7. The van der Waals surface area contributed by atoms with Gasteiger partial charge in [-0.3, -0.25) is 14.5 Å². The first-order chi connectivity index (χ1) is 9.94. The largest absolute Gasteiger partial charge is 0.340 e. The Morgan fingerprint density at radius 2 is 2.24 bits per heavy atom. The minimum absolute atomic E-state index is 0.0738. The van der Waals surface area contributed by atoms with E-state index in [2.05, 4.69) is 34.1 Å². The predicted molar refractivity (Wildman–Crippen MR) is 76.4 cm³/mol. The number of aromatic nitrogens is 5. The SMILES string of the molecule is CC(C)CN(Cc1cnn(C)c1)C(=O)Cc1n[nH]c(=O)[nH]1. The maximum Gasteiger partial charge on any atom is 0.340 e. The van der Waals surface area contributed by atoms with Crippen molar-refractivity contribution in [2.45, 2.75) is 26.8 Å². The van der Waals surface area contributed by atoms with Crippen molar-refractivity contribution in [3.05, 3.63) is 34.3 Å². The van der Waals surface area contributed by atoms with Gasteiger partial charge in [-0.05, 0) is 5.92 Å². The van der Waals surface area contributed by atoms with E-state index in [0.717, 1.165) is 5.56 Å². The Kier molecular flexibility index (Phi) is 4.56. The second kappa shape index (κ2) is 6.38. The summed E-state index contributed by atoms with van der Waals surface area (Å²) in [5.41, 5.74) is 0.572. The first-order valence-corrected chi connectivity index (χ1v) is 6.83. The predicted octanol–water partition coefficient (Wildman–Crippen LogP) is 0.0588. The molecule has 0 saturated heterocycles. The normalized spacial score (nSPS) is 11.0. The fourth-order valence-corrected chi connectivity index (χ4v) is 2.11. The van der Waals surface area contributed by atoms with Gasteiger partial charge in [-0.25, -0.2) is 9.89 Å². The van der Waals surface area contributed by atoms with E-state index in [9.17, 15) is 9.59 Å². The van der Waals surface area contributed by atoms with Crippen LogP contribution < -0.4 is 5.69 Å². The molecular formula is C13H20N6O2. The van der Waals surface area contributed by atoms with Crippen LogP contribution in [0, 0.1) is 5.92 Å².